The molecule has 3 nitrogen and oxygen atoms in total. The maximum Gasteiger partial charge on any atom is 0.239 e. The lowest BCUT2D eigenvalue weighted by Gasteiger charge is -2.32. The van der Waals surface area contributed by atoms with Crippen LogP contribution in [-0.2, 0) is 4.79 Å². The molecule has 2 atom stereocenters. The Morgan fingerprint density at radius 3 is 2.70 bits per heavy atom. The first-order valence-corrected chi connectivity index (χ1v) is 3.62. The van der Waals surface area contributed by atoms with Crippen molar-refractivity contribution in [3.05, 3.63) is 0 Å². The molecule has 0 saturated carbocycles. The summed E-state index contributed by atoms with van der Waals surface area (Å²) in [7, 11) is 1.84. The number of carbonyl (C=O) groups is 1. The van der Waals surface area contributed by atoms with Gasteiger partial charge in [-0.15, -0.1) is 0 Å². The molecule has 0 aromatic carbocycles. The van der Waals surface area contributed by atoms with Crippen molar-refractivity contribution in [3.8, 4) is 0 Å². The van der Waals surface area contributed by atoms with Crippen LogP contribution in [0.1, 0.15) is 13.8 Å². The van der Waals surface area contributed by atoms with Crippen LogP contribution in [-0.4, -0.2) is 36.5 Å². The number of hydrogen-bond acceptors (Lipinski definition) is 2. The van der Waals surface area contributed by atoms with Gasteiger partial charge in [-0.3, -0.25) is 4.79 Å². The van der Waals surface area contributed by atoms with Gasteiger partial charge in [0.2, 0.25) is 5.91 Å². The molecular formula is C7H14N2O. The summed E-state index contributed by atoms with van der Waals surface area (Å²) < 4.78 is 0. The number of carbonyl (C=O) groups excluding carboxylic acids is 1. The van der Waals surface area contributed by atoms with Gasteiger partial charge >= 0.3 is 0 Å². The monoisotopic (exact) mass is 142 g/mol. The largest absolute Gasteiger partial charge is 0.343 e. The van der Waals surface area contributed by atoms with Gasteiger partial charge < -0.3 is 10.2 Å². The standard InChI is InChI=1S/C7H14N2O/c1-5-4-9(3)7(10)6(2)8-5/h5-6,8H,4H2,1-3H3/t5-,6-/m1/s1. The molecular weight excluding hydrogens is 128 g/mol. The number of piperazine rings is 1. The number of rotatable bonds is 0. The predicted molar refractivity (Wildman–Crippen MR) is 39.7 cm³/mol. The van der Waals surface area contributed by atoms with Crippen LogP contribution >= 0.6 is 0 Å². The number of likely N-dealkylation sites (N-methyl/N-ethyl adjacent to an activating group) is 1. The number of nitrogens with one attached hydrogen (secondary N) is 1. The highest BCUT2D eigenvalue weighted by Crippen LogP contribution is 2.01. The highest BCUT2D eigenvalue weighted by atomic mass is 16.2. The summed E-state index contributed by atoms with van der Waals surface area (Å²) in [5.74, 6) is 0.193. The normalized spacial score (nSPS) is 34.7. The van der Waals surface area contributed by atoms with Crippen molar-refractivity contribution < 1.29 is 4.79 Å². The van der Waals surface area contributed by atoms with Gasteiger partial charge in [-0.1, -0.05) is 0 Å². The molecule has 10 heavy (non-hydrogen) atoms. The zero-order chi connectivity index (χ0) is 7.72. The topological polar surface area (TPSA) is 32.3 Å². The summed E-state index contributed by atoms with van der Waals surface area (Å²) >= 11 is 0. The lowest BCUT2D eigenvalue weighted by Crippen LogP contribution is -2.56. The van der Waals surface area contributed by atoms with Crippen LogP contribution in [0.3, 0.4) is 0 Å². The Hall–Kier alpha value is -0.570. The van der Waals surface area contributed by atoms with Crippen LogP contribution in [0.2, 0.25) is 0 Å². The van der Waals surface area contributed by atoms with E-state index in [9.17, 15) is 4.79 Å². The van der Waals surface area contributed by atoms with Crippen LogP contribution in [0.4, 0.5) is 0 Å². The van der Waals surface area contributed by atoms with E-state index in [1.807, 2.05) is 14.0 Å². The van der Waals surface area contributed by atoms with E-state index in [4.69, 9.17) is 0 Å². The minimum Gasteiger partial charge on any atom is -0.343 e. The molecule has 0 bridgehead atoms. The predicted octanol–water partition coefficient (Wildman–Crippen LogP) is -0.175. The Kier molecular flexibility index (Phi) is 1.94. The Labute approximate surface area is 61.4 Å². The van der Waals surface area contributed by atoms with Crippen molar-refractivity contribution in [1.29, 1.82) is 0 Å². The molecule has 58 valence electrons. The number of amides is 1. The third kappa shape index (κ3) is 1.29. The zero-order valence-electron chi connectivity index (χ0n) is 6.72. The van der Waals surface area contributed by atoms with E-state index in [1.54, 1.807) is 4.90 Å². The summed E-state index contributed by atoms with van der Waals surface area (Å²) in [6.07, 6.45) is 0. The fourth-order valence-electron chi connectivity index (χ4n) is 1.38. The van der Waals surface area contributed by atoms with E-state index in [1.165, 1.54) is 0 Å². The van der Waals surface area contributed by atoms with Crippen LogP contribution < -0.4 is 5.32 Å². The fraction of sp³-hybridized carbons (Fsp3) is 0.857. The van der Waals surface area contributed by atoms with E-state index in [0.29, 0.717) is 6.04 Å². The molecule has 1 amide bonds. The summed E-state index contributed by atoms with van der Waals surface area (Å²) in [4.78, 5) is 12.9. The third-order valence-electron chi connectivity index (χ3n) is 1.83. The highest BCUT2D eigenvalue weighted by Gasteiger charge is 2.25. The van der Waals surface area contributed by atoms with Gasteiger partial charge in [-0.05, 0) is 13.8 Å². The Morgan fingerprint density at radius 1 is 1.60 bits per heavy atom. The molecule has 1 N–H and O–H groups in total. The van der Waals surface area contributed by atoms with Crippen molar-refractivity contribution in [1.82, 2.24) is 10.2 Å². The number of nitrogens with zero attached hydrogens (tertiary/aromatic N) is 1. The second kappa shape index (κ2) is 2.58. The maximum atomic E-state index is 11.1. The van der Waals surface area contributed by atoms with E-state index >= 15 is 0 Å². The van der Waals surface area contributed by atoms with Gasteiger partial charge in [-0.25, -0.2) is 0 Å². The van der Waals surface area contributed by atoms with Gasteiger partial charge in [0, 0.05) is 19.6 Å². The lowest BCUT2D eigenvalue weighted by molar-refractivity contribution is -0.134. The summed E-state index contributed by atoms with van der Waals surface area (Å²) in [6.45, 7) is 4.80. The molecule has 1 fully saturated rings. The third-order valence-corrected chi connectivity index (χ3v) is 1.83. The van der Waals surface area contributed by atoms with Crippen LogP contribution in [0.5, 0.6) is 0 Å². The number of hydrogen-bond donors (Lipinski definition) is 1. The molecule has 0 spiro atoms. The van der Waals surface area contributed by atoms with Gasteiger partial charge in [0.05, 0.1) is 6.04 Å². The summed E-state index contributed by atoms with van der Waals surface area (Å²) in [6, 6.07) is 0.423. The van der Waals surface area contributed by atoms with E-state index in [-0.39, 0.29) is 11.9 Å². The van der Waals surface area contributed by atoms with E-state index in [2.05, 4.69) is 12.2 Å². The molecule has 1 aliphatic heterocycles. The Morgan fingerprint density at radius 2 is 2.20 bits per heavy atom. The van der Waals surface area contributed by atoms with Crippen molar-refractivity contribution in [3.63, 3.8) is 0 Å². The van der Waals surface area contributed by atoms with Gasteiger partial charge in [0.15, 0.2) is 0 Å². The summed E-state index contributed by atoms with van der Waals surface area (Å²) in [5.41, 5.74) is 0. The van der Waals surface area contributed by atoms with Crippen LogP contribution in [0.25, 0.3) is 0 Å². The van der Waals surface area contributed by atoms with Crippen molar-refractivity contribution in [2.24, 2.45) is 0 Å². The van der Waals surface area contributed by atoms with Crippen LogP contribution in [0, 0.1) is 0 Å². The van der Waals surface area contributed by atoms with Crippen LogP contribution in [0.15, 0.2) is 0 Å². The molecule has 1 aliphatic rings. The average Bonchev–Trinajstić information content (AvgIpc) is 1.82. The molecule has 1 heterocycles. The highest BCUT2D eigenvalue weighted by molar-refractivity contribution is 5.82. The van der Waals surface area contributed by atoms with E-state index < -0.39 is 0 Å². The molecule has 0 radical (unpaired) electrons. The van der Waals surface area contributed by atoms with Crippen molar-refractivity contribution >= 4 is 5.91 Å². The molecule has 0 aliphatic carbocycles. The van der Waals surface area contributed by atoms with Gasteiger partial charge in [0.1, 0.15) is 0 Å². The average molecular weight is 142 g/mol. The maximum absolute atomic E-state index is 11.1. The lowest BCUT2D eigenvalue weighted by atomic mass is 10.1. The first kappa shape index (κ1) is 7.54. The minimum atomic E-state index is -0.00579. The second-order valence-corrected chi connectivity index (χ2v) is 3.01. The molecule has 1 saturated heterocycles. The van der Waals surface area contributed by atoms with Gasteiger partial charge in [-0.2, -0.15) is 0 Å². The minimum absolute atomic E-state index is 0.00579. The molecule has 0 unspecified atom stereocenters. The van der Waals surface area contributed by atoms with E-state index in [0.717, 1.165) is 6.54 Å². The summed E-state index contributed by atoms with van der Waals surface area (Å²) in [5, 5.41) is 3.17. The fourth-order valence-corrected chi connectivity index (χ4v) is 1.38. The molecule has 3 heteroatoms. The first-order chi connectivity index (χ1) is 4.61. The smallest absolute Gasteiger partial charge is 0.239 e. The van der Waals surface area contributed by atoms with Gasteiger partial charge in [0.25, 0.3) is 0 Å². The van der Waals surface area contributed by atoms with Crippen molar-refractivity contribution in [2.75, 3.05) is 13.6 Å². The second-order valence-electron chi connectivity index (χ2n) is 3.01. The Balaban J connectivity index is 2.57. The Bertz CT molecular complexity index is 133. The quantitative estimate of drug-likeness (QED) is 0.509. The molecule has 0 aromatic rings. The molecule has 0 aromatic heterocycles. The zero-order valence-corrected chi connectivity index (χ0v) is 6.72. The SMILES string of the molecule is C[C@@H]1CN(C)C(=O)[C@@H](C)N1. The van der Waals surface area contributed by atoms with Crippen molar-refractivity contribution in [2.45, 2.75) is 25.9 Å². The first-order valence-electron chi connectivity index (χ1n) is 3.62. The molecule has 1 rings (SSSR count).